The minimum atomic E-state index is -4.27. The van der Waals surface area contributed by atoms with Crippen LogP contribution in [0, 0.1) is 5.92 Å². The fraction of sp³-hybridized carbons (Fsp3) is 0.683. The molecule has 1 aromatic carbocycles. The number of hydrogen-bond donors (Lipinski definition) is 3. The normalized spacial score (nSPS) is 29.3. The number of nitrogens with zero attached hydrogens (tertiary/aromatic N) is 4. The number of piperidine rings is 1. The van der Waals surface area contributed by atoms with Crippen molar-refractivity contribution in [3.05, 3.63) is 47.5 Å². The maximum Gasteiger partial charge on any atom is 0.410 e. The van der Waals surface area contributed by atoms with Crippen LogP contribution < -0.4 is 15.4 Å². The minimum Gasteiger partial charge on any atom is -0.444 e. The van der Waals surface area contributed by atoms with Gasteiger partial charge in [-0.2, -0.15) is 12.7 Å². The van der Waals surface area contributed by atoms with Crippen LogP contribution in [0.3, 0.4) is 0 Å². The summed E-state index contributed by atoms with van der Waals surface area (Å²) in [6, 6.07) is 5.06. The molecule has 58 heavy (non-hydrogen) atoms. The van der Waals surface area contributed by atoms with Crippen molar-refractivity contribution in [1.29, 1.82) is 0 Å². The van der Waals surface area contributed by atoms with Crippen LogP contribution in [0.4, 0.5) is 9.59 Å². The van der Waals surface area contributed by atoms with Crippen molar-refractivity contribution in [3.8, 4) is 0 Å². The Morgan fingerprint density at radius 3 is 2.28 bits per heavy atom. The van der Waals surface area contributed by atoms with Gasteiger partial charge in [-0.25, -0.2) is 14.3 Å². The van der Waals surface area contributed by atoms with Gasteiger partial charge in [0.1, 0.15) is 29.3 Å². The molecule has 0 bridgehead atoms. The molecule has 0 radical (unpaired) electrons. The highest BCUT2D eigenvalue weighted by Crippen LogP contribution is 2.46. The third-order valence-electron chi connectivity index (χ3n) is 12.2. The Balaban J connectivity index is 1.13. The third-order valence-corrected chi connectivity index (χ3v) is 13.8. The van der Waals surface area contributed by atoms with E-state index in [1.165, 1.54) is 9.21 Å². The SMILES string of the molecule is CN1CCC(N(C2CC2)S(=O)(=O)NC(=O)[C@@]23C[C@H]2/C=C/CCCCC[C@H](NC(=O)OC(C)(C)C)C(=O)N2C[C@H](OC(=O)N4Cc5ccccc5C4)C[C@H]2C(=O)N3)CC1. The van der Waals surface area contributed by atoms with E-state index in [4.69, 9.17) is 9.47 Å². The van der Waals surface area contributed by atoms with E-state index < -0.39 is 75.4 Å². The average Bonchev–Trinajstić information content (AvgIpc) is 4.01. The second-order valence-electron chi connectivity index (χ2n) is 17.9. The van der Waals surface area contributed by atoms with Crippen molar-refractivity contribution in [3.63, 3.8) is 0 Å². The molecule has 2 saturated heterocycles. The standard InChI is InChI=1S/C41H59N7O9S/c1-40(2,3)57-38(52)42-33-15-9-7-5-6-8-14-29-23-41(29,37(51)44-58(54,55)48(30-16-17-30)31-18-20-45(4)21-19-31)43-35(49)34-22-32(26-47(34)36(33)50)56-39(53)46-24-27-12-10-11-13-28(27)25-46/h8,10-14,29-34H,5-7,9,15-26H2,1-4H3,(H,42,52)(H,43,49)(H,44,51)/b14-8+/t29-,32-,33+,34+,41-/m1/s1. The number of likely N-dealkylation sites (tertiary alicyclic amines) is 1. The zero-order valence-corrected chi connectivity index (χ0v) is 34.9. The van der Waals surface area contributed by atoms with Crippen molar-refractivity contribution >= 4 is 40.1 Å². The second kappa shape index (κ2) is 16.8. The summed E-state index contributed by atoms with van der Waals surface area (Å²) >= 11 is 0. The zero-order valence-electron chi connectivity index (χ0n) is 34.1. The molecule has 318 valence electrons. The summed E-state index contributed by atoms with van der Waals surface area (Å²) in [4.78, 5) is 74.9. The molecule has 2 saturated carbocycles. The van der Waals surface area contributed by atoms with E-state index in [0.717, 1.165) is 49.9 Å². The Morgan fingerprint density at radius 1 is 0.948 bits per heavy atom. The molecule has 5 amide bonds. The van der Waals surface area contributed by atoms with E-state index in [1.54, 1.807) is 25.7 Å². The molecule has 6 aliphatic rings. The summed E-state index contributed by atoms with van der Waals surface area (Å²) in [5.41, 5.74) is -0.388. The van der Waals surface area contributed by atoms with Crippen LogP contribution in [-0.2, 0) is 47.2 Å². The molecule has 0 unspecified atom stereocenters. The Kier molecular flexibility index (Phi) is 12.1. The van der Waals surface area contributed by atoms with Gasteiger partial charge in [0.15, 0.2) is 0 Å². The van der Waals surface area contributed by atoms with Crippen LogP contribution in [-0.4, -0.2) is 125 Å². The molecule has 3 N–H and O–H groups in total. The highest BCUT2D eigenvalue weighted by Gasteiger charge is 2.62. The maximum atomic E-state index is 14.5. The van der Waals surface area contributed by atoms with Crippen molar-refractivity contribution in [2.24, 2.45) is 5.92 Å². The molecule has 0 aromatic heterocycles. The Labute approximate surface area is 341 Å². The highest BCUT2D eigenvalue weighted by atomic mass is 32.2. The minimum absolute atomic E-state index is 0.0641. The van der Waals surface area contributed by atoms with E-state index in [2.05, 4.69) is 20.3 Å². The van der Waals surface area contributed by atoms with Crippen molar-refractivity contribution in [2.45, 2.75) is 146 Å². The van der Waals surface area contributed by atoms with Crippen LogP contribution in [0.5, 0.6) is 0 Å². The summed E-state index contributed by atoms with van der Waals surface area (Å²) in [7, 11) is -2.27. The number of carbonyl (C=O) groups excluding carboxylic acids is 5. The number of hydrogen-bond acceptors (Lipinski definition) is 10. The molecule has 2 aliphatic carbocycles. The molecule has 1 aromatic rings. The predicted molar refractivity (Wildman–Crippen MR) is 213 cm³/mol. The lowest BCUT2D eigenvalue weighted by Gasteiger charge is -2.36. The molecule has 5 atom stereocenters. The van der Waals surface area contributed by atoms with Gasteiger partial charge in [0, 0.05) is 37.5 Å². The number of nitrogens with one attached hydrogen (secondary N) is 3. The van der Waals surface area contributed by atoms with E-state index in [0.29, 0.717) is 38.8 Å². The quantitative estimate of drug-likeness (QED) is 0.345. The molecule has 4 heterocycles. The van der Waals surface area contributed by atoms with Gasteiger partial charge < -0.3 is 29.9 Å². The lowest BCUT2D eigenvalue weighted by Crippen LogP contribution is -2.60. The maximum absolute atomic E-state index is 14.5. The van der Waals surface area contributed by atoms with Gasteiger partial charge in [0.25, 0.3) is 5.91 Å². The van der Waals surface area contributed by atoms with Gasteiger partial charge >= 0.3 is 22.4 Å². The lowest BCUT2D eigenvalue weighted by molar-refractivity contribution is -0.141. The molecule has 7 rings (SSSR count). The first-order valence-electron chi connectivity index (χ1n) is 20.9. The van der Waals surface area contributed by atoms with Crippen LogP contribution in [0.1, 0.15) is 103 Å². The summed E-state index contributed by atoms with van der Waals surface area (Å²) in [5, 5.41) is 5.63. The molecule has 4 aliphatic heterocycles. The largest absolute Gasteiger partial charge is 0.444 e. The monoisotopic (exact) mass is 825 g/mol. The number of carbonyl (C=O) groups is 5. The number of allylic oxidation sites excluding steroid dienone is 1. The van der Waals surface area contributed by atoms with E-state index in [-0.39, 0.29) is 37.9 Å². The molecule has 0 spiro atoms. The average molecular weight is 826 g/mol. The van der Waals surface area contributed by atoms with Crippen LogP contribution in [0.2, 0.25) is 0 Å². The highest BCUT2D eigenvalue weighted by molar-refractivity contribution is 7.87. The first kappa shape index (κ1) is 41.9. The second-order valence-corrected chi connectivity index (χ2v) is 19.5. The van der Waals surface area contributed by atoms with Crippen molar-refractivity contribution < 1.29 is 41.9 Å². The Morgan fingerprint density at radius 2 is 1.62 bits per heavy atom. The van der Waals surface area contributed by atoms with Crippen LogP contribution >= 0.6 is 0 Å². The zero-order chi connectivity index (χ0) is 41.4. The van der Waals surface area contributed by atoms with Gasteiger partial charge in [-0.15, -0.1) is 0 Å². The van der Waals surface area contributed by atoms with Crippen molar-refractivity contribution in [2.75, 3.05) is 26.7 Å². The van der Waals surface area contributed by atoms with Crippen LogP contribution in [0.15, 0.2) is 36.4 Å². The summed E-state index contributed by atoms with van der Waals surface area (Å²) in [6.45, 7) is 7.25. The lowest BCUT2D eigenvalue weighted by atomic mass is 10.0. The number of ether oxygens (including phenoxy) is 2. The van der Waals surface area contributed by atoms with Gasteiger partial charge in [0.2, 0.25) is 11.8 Å². The first-order chi connectivity index (χ1) is 27.5. The summed E-state index contributed by atoms with van der Waals surface area (Å²) < 4.78 is 43.4. The van der Waals surface area contributed by atoms with Gasteiger partial charge in [-0.3, -0.25) is 19.3 Å². The summed E-state index contributed by atoms with van der Waals surface area (Å²) in [6.07, 6.45) is 7.51. The van der Waals surface area contributed by atoms with E-state index in [1.807, 2.05) is 43.5 Å². The first-order valence-corrected chi connectivity index (χ1v) is 22.3. The van der Waals surface area contributed by atoms with Crippen molar-refractivity contribution in [1.82, 2.24) is 34.4 Å². The topological polar surface area (TPSA) is 187 Å². The Bertz CT molecular complexity index is 1870. The third kappa shape index (κ3) is 9.63. The number of amides is 5. The van der Waals surface area contributed by atoms with Gasteiger partial charge in [-0.1, -0.05) is 49.3 Å². The molecular weight excluding hydrogens is 767 g/mol. The molecule has 16 nitrogen and oxygen atoms in total. The van der Waals surface area contributed by atoms with Gasteiger partial charge in [-0.05, 0) is 103 Å². The molecule has 17 heteroatoms. The van der Waals surface area contributed by atoms with Crippen LogP contribution in [0.25, 0.3) is 0 Å². The summed E-state index contributed by atoms with van der Waals surface area (Å²) in [5.74, 6) is -2.52. The number of rotatable bonds is 7. The number of alkyl carbamates (subject to hydrolysis) is 1. The number of benzene rings is 1. The van der Waals surface area contributed by atoms with Gasteiger partial charge in [0.05, 0.1) is 6.54 Å². The number of fused-ring (bicyclic) bond motifs is 3. The van der Waals surface area contributed by atoms with E-state index in [9.17, 15) is 32.4 Å². The fourth-order valence-corrected chi connectivity index (χ4v) is 10.6. The van der Waals surface area contributed by atoms with E-state index >= 15 is 0 Å². The Hall–Kier alpha value is -4.22. The predicted octanol–water partition coefficient (Wildman–Crippen LogP) is 3.32. The smallest absolute Gasteiger partial charge is 0.410 e. The fourth-order valence-electron chi connectivity index (χ4n) is 8.82. The molecular formula is C41H59N7O9S. The molecule has 4 fully saturated rings.